The van der Waals surface area contributed by atoms with Crippen LogP contribution in [0.3, 0.4) is 0 Å². The second-order valence-electron chi connectivity index (χ2n) is 20.3. The lowest BCUT2D eigenvalue weighted by Crippen LogP contribution is -1.93. The molecule has 19 rings (SSSR count). The van der Waals surface area contributed by atoms with Gasteiger partial charge in [0.1, 0.15) is 22.3 Å². The Morgan fingerprint density at radius 1 is 0.215 bits per heavy atom. The molecule has 2 heterocycles. The molecule has 17 aromatic carbocycles. The second kappa shape index (κ2) is 22.1. The third-order valence-electron chi connectivity index (χ3n) is 15.2. The Bertz CT molecular complexity index is 9400. The first kappa shape index (κ1) is 22.1. The van der Waals surface area contributed by atoms with Crippen molar-refractivity contribution < 1.29 is 84.2 Å². The highest BCUT2D eigenvalue weighted by Crippen LogP contribution is 2.52. The Kier molecular flexibility index (Phi) is 5.26. The molecule has 2 aromatic heterocycles. The van der Waals surface area contributed by atoms with Crippen molar-refractivity contribution in [2.75, 3.05) is 0 Å². The van der Waals surface area contributed by atoms with Crippen LogP contribution in [-0.4, -0.2) is 0 Å². The normalized spacial score (nSPS) is 20.0. The summed E-state index contributed by atoms with van der Waals surface area (Å²) in [5, 5.41) is -10.2. The summed E-state index contributed by atoms with van der Waals surface area (Å²) in [6, 6.07) is -51.5. The SMILES string of the molecule is [2H]c1c([2H])c(C)c([2H])c(-c2c([2H])c([2H])c([2H])c([2H])c2-c2c3c([2H])c([2H])c([2H])c([2H])c3c(-c3c([2H])c([2H])c([2H])c4oc5c6c([2H])c([2H])c([2H])c([2H])c6c([2H])c([2H])c5c34)c3c([2H])c([2H])c([2H])c([2H])c23)c1[2H].[2H]c1c([2H])c([2H])c(-c2c([2H])c([2H])c(-c3c([2H])c([2H])c([2H])c([2H])c3-c3c4c([2H])c([2H])c([2H])c([2H])c4c(-c4c([2H])c([2H])c([2H])c5oc6c7c([2H])c([2H])c([2H])c([2H])c7c([2H])c([2H])c6c45)c4c([2H])c([2H])c([2H])c([2H])c34)c([2H])c2[2H])c([2H])c1[2H]. The van der Waals surface area contributed by atoms with Crippen molar-refractivity contribution in [1.29, 1.82) is 0 Å². The molecular weight excluding hydrogens is 1120 g/mol. The van der Waals surface area contributed by atoms with Gasteiger partial charge in [-0.25, -0.2) is 0 Å². The highest BCUT2D eigenvalue weighted by molar-refractivity contribution is 6.29. The smallest absolute Gasteiger partial charge is 0.143 e. The van der Waals surface area contributed by atoms with Gasteiger partial charge in [-0.3, -0.25) is 0 Å². The van der Waals surface area contributed by atoms with E-state index in [1.165, 1.54) is 6.92 Å². The van der Waals surface area contributed by atoms with Crippen LogP contribution in [0.15, 0.2) is 341 Å². The Balaban J connectivity index is 0.000000195. The molecule has 0 saturated carbocycles. The van der Waals surface area contributed by atoms with Gasteiger partial charge >= 0.3 is 0 Å². The van der Waals surface area contributed by atoms with Crippen LogP contribution in [0.2, 0.25) is 0 Å². The molecule has 0 radical (unpaired) electrons. The van der Waals surface area contributed by atoms with Crippen molar-refractivity contribution >= 4 is 109 Å². The molecule has 2 nitrogen and oxygen atoms in total. The fourth-order valence-corrected chi connectivity index (χ4v) is 11.4. The lowest BCUT2D eigenvalue weighted by molar-refractivity contribution is 0.672. The molecule has 0 unspecified atom stereocenters. The number of hydrogen-bond acceptors (Lipinski definition) is 2. The summed E-state index contributed by atoms with van der Waals surface area (Å²) in [4.78, 5) is 0. The summed E-state index contributed by atoms with van der Waals surface area (Å²) < 4.78 is 508. The van der Waals surface area contributed by atoms with E-state index < -0.39 is 519 Å². The zero-order valence-corrected chi connectivity index (χ0v) is 46.8. The van der Waals surface area contributed by atoms with E-state index in [2.05, 4.69) is 0 Å². The van der Waals surface area contributed by atoms with Gasteiger partial charge < -0.3 is 8.83 Å². The van der Waals surface area contributed by atoms with Gasteiger partial charge in [0.15, 0.2) is 0 Å². The Labute approximate surface area is 615 Å². The van der Waals surface area contributed by atoms with Crippen molar-refractivity contribution in [3.63, 3.8) is 0 Å². The van der Waals surface area contributed by atoms with Gasteiger partial charge in [0.2, 0.25) is 0 Å². The fraction of sp³-hybridized carbons (Fsp3) is 0.0110. The van der Waals surface area contributed by atoms with E-state index in [0.717, 1.165) is 0 Å². The highest BCUT2D eigenvalue weighted by Gasteiger charge is 2.25. The van der Waals surface area contributed by atoms with Crippen LogP contribution in [0.1, 0.15) is 81.0 Å². The van der Waals surface area contributed by atoms with Gasteiger partial charge in [-0.05, 0) is 163 Å². The zero-order chi connectivity index (χ0) is 109. The van der Waals surface area contributed by atoms with Gasteiger partial charge in [0, 0.05) is 32.3 Å². The summed E-state index contributed by atoms with van der Waals surface area (Å²) in [7, 11) is 0. The standard InChI is InChI=1S/C48H30O.C43H28O/c1-2-13-31(14-3-1)32-25-27-34(28-26-32)35-16-6-7-18-37(35)45-38-19-8-10-21-40(38)46(41-22-11-9-20-39(41)45)42-23-12-24-44-47(42)43-30-29-33-15-4-5-17-36(33)48(43)49-44;1-27-12-10-14-29(26-27)30-15-4-5-17-32(30)40-33-18-6-8-20-35(33)41(36-21-9-7-19-34(36)40)37-22-11-23-39-42(37)38-25-24-28-13-2-3-16-31(28)43(38)44-39/h1-30H;2-26H,1H3/i1D,2D,3D,4D,5D,6D,7D,8D,9D,10D,11D,12D,13D,14D,15D,16D,17D,18D,19D,20D,21D,22D,23D,24D,25D,26D,27D,28D,29D,30D;2D,3D,4D,5D,6D,7D,8D,9D,10D,11D,12D,13D,14D,15D,16D,17D,18D,19D,20D,21D,22D,23D,24D,25D,26D. The average Bonchev–Trinajstić information content (AvgIpc) is 0.982. The Hall–Kier alpha value is -12.1. The maximum atomic E-state index is 9.62. The molecule has 0 saturated heterocycles. The topological polar surface area (TPSA) is 26.3 Å². The highest BCUT2D eigenvalue weighted by atomic mass is 16.3. The maximum Gasteiger partial charge on any atom is 0.143 e. The minimum Gasteiger partial charge on any atom is -0.455 e. The monoisotopic (exact) mass is 1240 g/mol. The quantitative estimate of drug-likeness (QED) is 0.149. The van der Waals surface area contributed by atoms with Crippen molar-refractivity contribution in [2.24, 2.45) is 0 Å². The summed E-state index contributed by atoms with van der Waals surface area (Å²) in [5.74, 6) is 0. The number of fused-ring (bicyclic) bond motifs is 14. The largest absolute Gasteiger partial charge is 0.455 e. The summed E-state index contributed by atoms with van der Waals surface area (Å²) >= 11 is 0. The number of benzene rings is 17. The minimum absolute atomic E-state index is 0.199. The number of hydrogen-bond donors (Lipinski definition) is 0. The lowest BCUT2D eigenvalue weighted by Gasteiger charge is -2.20. The van der Waals surface area contributed by atoms with E-state index >= 15 is 0 Å². The molecule has 0 amide bonds. The summed E-state index contributed by atoms with van der Waals surface area (Å²) in [6.45, 7) is 1.26. The van der Waals surface area contributed by atoms with Gasteiger partial charge in [0.05, 0.1) is 75.4 Å². The number of furan rings is 2. The fourth-order valence-electron chi connectivity index (χ4n) is 11.4. The van der Waals surface area contributed by atoms with E-state index in [0.29, 0.717) is 0 Å². The third kappa shape index (κ3) is 8.86. The summed E-state index contributed by atoms with van der Waals surface area (Å²) in [6.07, 6.45) is 0. The third-order valence-corrected chi connectivity index (χ3v) is 15.2. The van der Waals surface area contributed by atoms with E-state index in [9.17, 15) is 27.4 Å². The lowest BCUT2D eigenvalue weighted by atomic mass is 9.83. The molecule has 0 aliphatic heterocycles. The van der Waals surface area contributed by atoms with E-state index in [1.807, 2.05) is 0 Å². The van der Waals surface area contributed by atoms with Gasteiger partial charge in [-0.1, -0.05) is 314 Å². The van der Waals surface area contributed by atoms with Crippen molar-refractivity contribution in [3.05, 3.63) is 338 Å². The molecule has 0 aliphatic rings. The molecular formula is C91H58O2. The molecule has 2 heteroatoms. The van der Waals surface area contributed by atoms with Gasteiger partial charge in [-0.2, -0.15) is 0 Å². The minimum atomic E-state index is -1.15. The van der Waals surface area contributed by atoms with Crippen LogP contribution < -0.4 is 0 Å². The van der Waals surface area contributed by atoms with Gasteiger partial charge in [-0.15, -0.1) is 0 Å². The molecule has 434 valence electrons. The molecule has 0 spiro atoms. The van der Waals surface area contributed by atoms with Crippen LogP contribution >= 0.6 is 0 Å². The first-order valence-electron chi connectivity index (χ1n) is 55.1. The molecule has 0 aliphatic carbocycles. The van der Waals surface area contributed by atoms with E-state index in [1.54, 1.807) is 0 Å². The predicted octanol–water partition coefficient (Wildman–Crippen LogP) is 26.1. The molecule has 0 bridgehead atoms. The predicted molar refractivity (Wildman–Crippen MR) is 395 cm³/mol. The van der Waals surface area contributed by atoms with E-state index in [4.69, 9.17) is 56.8 Å². The molecule has 93 heavy (non-hydrogen) atoms. The van der Waals surface area contributed by atoms with Crippen LogP contribution in [-0.2, 0) is 0 Å². The first-order chi connectivity index (χ1) is 69.0. The van der Waals surface area contributed by atoms with E-state index in [-0.39, 0.29) is 5.56 Å². The first-order valence-corrected chi connectivity index (χ1v) is 27.6. The Morgan fingerprint density at radius 3 is 0.968 bits per heavy atom. The molecule has 0 fully saturated rings. The molecule has 0 atom stereocenters. The second-order valence-corrected chi connectivity index (χ2v) is 20.3. The van der Waals surface area contributed by atoms with Crippen LogP contribution in [0.5, 0.6) is 0 Å². The van der Waals surface area contributed by atoms with Crippen LogP contribution in [0, 0.1) is 6.92 Å². The average molecular weight is 1240 g/mol. The molecule has 19 aromatic rings. The van der Waals surface area contributed by atoms with Crippen LogP contribution in [0.4, 0.5) is 0 Å². The maximum absolute atomic E-state index is 9.62. The zero-order valence-electron chi connectivity index (χ0n) is 102. The van der Waals surface area contributed by atoms with Crippen LogP contribution in [0.25, 0.3) is 186 Å². The van der Waals surface area contributed by atoms with Crippen molar-refractivity contribution in [2.45, 2.75) is 6.92 Å². The summed E-state index contributed by atoms with van der Waals surface area (Å²) in [5.41, 5.74) is -13.6. The number of rotatable bonds is 7. The van der Waals surface area contributed by atoms with Crippen molar-refractivity contribution in [3.8, 4) is 77.9 Å². The molecule has 0 N–H and O–H groups in total. The Morgan fingerprint density at radius 2 is 0.527 bits per heavy atom. The van der Waals surface area contributed by atoms with Crippen molar-refractivity contribution in [1.82, 2.24) is 0 Å². The van der Waals surface area contributed by atoms with Gasteiger partial charge in [0.25, 0.3) is 0 Å².